The van der Waals surface area contributed by atoms with Crippen LogP contribution in [0.15, 0.2) is 24.3 Å². The topological polar surface area (TPSA) is 36.3 Å². The van der Waals surface area contributed by atoms with E-state index in [1.807, 2.05) is 30.0 Å². The Labute approximate surface area is 113 Å². The van der Waals surface area contributed by atoms with Crippen LogP contribution in [0.4, 0.5) is 0 Å². The largest absolute Gasteiger partial charge is 0.491 e. The minimum absolute atomic E-state index is 0.611. The number of nitrogens with zero attached hydrogens (tertiary/aromatic N) is 2. The molecule has 1 saturated heterocycles. The number of para-hydroxylation sites is 1. The van der Waals surface area contributed by atoms with Gasteiger partial charge in [0.05, 0.1) is 5.56 Å². The standard InChI is InChI=1S/C14H18N2OS/c1-12-11-16(7-9-18-12)6-8-17-14-5-3-2-4-13(14)10-15/h2-5,12H,6-9,11H2,1H3. The van der Waals surface area contributed by atoms with Crippen molar-refractivity contribution in [1.29, 1.82) is 5.26 Å². The highest BCUT2D eigenvalue weighted by Crippen LogP contribution is 2.18. The summed E-state index contributed by atoms with van der Waals surface area (Å²) in [4.78, 5) is 2.43. The lowest BCUT2D eigenvalue weighted by molar-refractivity contribution is 0.214. The zero-order valence-corrected chi connectivity index (χ0v) is 11.4. The first-order valence-electron chi connectivity index (χ1n) is 6.25. The molecule has 1 aliphatic heterocycles. The van der Waals surface area contributed by atoms with Crippen LogP contribution in [0.5, 0.6) is 5.75 Å². The van der Waals surface area contributed by atoms with Gasteiger partial charge in [0.25, 0.3) is 0 Å². The minimum Gasteiger partial charge on any atom is -0.491 e. The molecule has 0 aliphatic carbocycles. The molecular formula is C14H18N2OS. The van der Waals surface area contributed by atoms with Crippen LogP contribution < -0.4 is 4.74 Å². The maximum absolute atomic E-state index is 8.96. The Morgan fingerprint density at radius 3 is 3.11 bits per heavy atom. The number of benzene rings is 1. The summed E-state index contributed by atoms with van der Waals surface area (Å²) >= 11 is 2.03. The predicted molar refractivity (Wildman–Crippen MR) is 75.0 cm³/mol. The summed E-state index contributed by atoms with van der Waals surface area (Å²) in [6.45, 7) is 6.12. The van der Waals surface area contributed by atoms with Crippen LogP contribution in [-0.4, -0.2) is 42.1 Å². The summed E-state index contributed by atoms with van der Waals surface area (Å²) < 4.78 is 5.70. The fourth-order valence-electron chi connectivity index (χ4n) is 2.06. The van der Waals surface area contributed by atoms with E-state index in [2.05, 4.69) is 17.9 Å². The molecule has 0 spiro atoms. The lowest BCUT2D eigenvalue weighted by Crippen LogP contribution is -2.39. The van der Waals surface area contributed by atoms with Crippen LogP contribution in [0.3, 0.4) is 0 Å². The van der Waals surface area contributed by atoms with Crippen molar-refractivity contribution in [3.05, 3.63) is 29.8 Å². The Hall–Kier alpha value is -1.18. The van der Waals surface area contributed by atoms with Gasteiger partial charge in [0.1, 0.15) is 18.4 Å². The average molecular weight is 262 g/mol. The van der Waals surface area contributed by atoms with E-state index < -0.39 is 0 Å². The maximum atomic E-state index is 8.96. The fraction of sp³-hybridized carbons (Fsp3) is 0.500. The fourth-order valence-corrected chi connectivity index (χ4v) is 3.15. The summed E-state index contributed by atoms with van der Waals surface area (Å²) in [6, 6.07) is 9.54. The monoisotopic (exact) mass is 262 g/mol. The number of thioether (sulfide) groups is 1. The molecule has 0 amide bonds. The lowest BCUT2D eigenvalue weighted by atomic mass is 10.2. The van der Waals surface area contributed by atoms with Crippen LogP contribution in [0.25, 0.3) is 0 Å². The zero-order chi connectivity index (χ0) is 12.8. The second-order valence-corrected chi connectivity index (χ2v) is 5.98. The van der Waals surface area contributed by atoms with Gasteiger partial charge >= 0.3 is 0 Å². The molecule has 2 rings (SSSR count). The van der Waals surface area contributed by atoms with Crippen LogP contribution in [0.2, 0.25) is 0 Å². The summed E-state index contributed by atoms with van der Waals surface area (Å²) in [5.74, 6) is 1.90. The molecule has 1 aromatic carbocycles. The lowest BCUT2D eigenvalue weighted by Gasteiger charge is -2.30. The summed E-state index contributed by atoms with van der Waals surface area (Å²) in [6.07, 6.45) is 0. The third-order valence-corrected chi connectivity index (χ3v) is 4.13. The van der Waals surface area contributed by atoms with Gasteiger partial charge in [-0.15, -0.1) is 0 Å². The smallest absolute Gasteiger partial charge is 0.137 e. The van der Waals surface area contributed by atoms with E-state index in [0.717, 1.165) is 19.6 Å². The molecule has 4 heteroatoms. The molecule has 1 atom stereocenters. The molecule has 0 saturated carbocycles. The first kappa shape index (κ1) is 13.3. The number of ether oxygens (including phenoxy) is 1. The number of rotatable bonds is 4. The van der Waals surface area contributed by atoms with Crippen LogP contribution in [0.1, 0.15) is 12.5 Å². The van der Waals surface area contributed by atoms with Gasteiger partial charge in [0, 0.05) is 30.6 Å². The molecule has 0 radical (unpaired) electrons. The number of nitriles is 1. The van der Waals surface area contributed by atoms with E-state index in [9.17, 15) is 0 Å². The molecule has 1 unspecified atom stereocenters. The SMILES string of the molecule is CC1CN(CCOc2ccccc2C#N)CCS1. The zero-order valence-electron chi connectivity index (χ0n) is 10.6. The normalized spacial score (nSPS) is 20.3. The van der Waals surface area contributed by atoms with Crippen LogP contribution in [-0.2, 0) is 0 Å². The second kappa shape index (κ2) is 6.67. The van der Waals surface area contributed by atoms with Gasteiger partial charge in [-0.1, -0.05) is 19.1 Å². The molecule has 18 heavy (non-hydrogen) atoms. The second-order valence-electron chi connectivity index (χ2n) is 4.44. The molecular weight excluding hydrogens is 244 g/mol. The van der Waals surface area contributed by atoms with E-state index in [0.29, 0.717) is 23.2 Å². The van der Waals surface area contributed by atoms with Crippen LogP contribution >= 0.6 is 11.8 Å². The molecule has 96 valence electrons. The van der Waals surface area contributed by atoms with Crippen molar-refractivity contribution in [2.24, 2.45) is 0 Å². The van der Waals surface area contributed by atoms with E-state index in [1.165, 1.54) is 5.75 Å². The number of hydrogen-bond donors (Lipinski definition) is 0. The van der Waals surface area contributed by atoms with Crippen molar-refractivity contribution in [1.82, 2.24) is 4.90 Å². The van der Waals surface area contributed by atoms with Gasteiger partial charge in [-0.05, 0) is 12.1 Å². The van der Waals surface area contributed by atoms with Gasteiger partial charge in [0.15, 0.2) is 0 Å². The summed E-state index contributed by atoms with van der Waals surface area (Å²) in [5.41, 5.74) is 0.611. The van der Waals surface area contributed by atoms with Gasteiger partial charge in [-0.2, -0.15) is 17.0 Å². The minimum atomic E-state index is 0.611. The van der Waals surface area contributed by atoms with Crippen molar-refractivity contribution >= 4 is 11.8 Å². The highest BCUT2D eigenvalue weighted by atomic mass is 32.2. The molecule has 1 aliphatic rings. The summed E-state index contributed by atoms with van der Waals surface area (Å²) in [7, 11) is 0. The van der Waals surface area contributed by atoms with E-state index in [-0.39, 0.29) is 0 Å². The van der Waals surface area contributed by atoms with Crippen molar-refractivity contribution < 1.29 is 4.74 Å². The molecule has 0 aromatic heterocycles. The van der Waals surface area contributed by atoms with Crippen molar-refractivity contribution in [3.63, 3.8) is 0 Å². The maximum Gasteiger partial charge on any atom is 0.137 e. The van der Waals surface area contributed by atoms with Crippen LogP contribution in [0, 0.1) is 11.3 Å². The van der Waals surface area contributed by atoms with Crippen molar-refractivity contribution in [3.8, 4) is 11.8 Å². The van der Waals surface area contributed by atoms with E-state index >= 15 is 0 Å². The first-order valence-corrected chi connectivity index (χ1v) is 7.30. The quantitative estimate of drug-likeness (QED) is 0.834. The van der Waals surface area contributed by atoms with E-state index in [1.54, 1.807) is 6.07 Å². The van der Waals surface area contributed by atoms with Gasteiger partial charge in [-0.25, -0.2) is 0 Å². The third kappa shape index (κ3) is 3.66. The molecule has 0 N–H and O–H groups in total. The highest BCUT2D eigenvalue weighted by Gasteiger charge is 2.16. The van der Waals surface area contributed by atoms with Gasteiger partial charge in [-0.3, -0.25) is 4.90 Å². The average Bonchev–Trinajstić information content (AvgIpc) is 2.39. The predicted octanol–water partition coefficient (Wildman–Crippen LogP) is 2.37. The molecule has 1 aromatic rings. The Morgan fingerprint density at radius 2 is 2.33 bits per heavy atom. The molecule has 1 fully saturated rings. The Balaban J connectivity index is 1.80. The van der Waals surface area contributed by atoms with Crippen molar-refractivity contribution in [2.75, 3.05) is 32.0 Å². The highest BCUT2D eigenvalue weighted by molar-refractivity contribution is 7.99. The number of hydrogen-bond acceptors (Lipinski definition) is 4. The Bertz CT molecular complexity index is 430. The van der Waals surface area contributed by atoms with E-state index in [4.69, 9.17) is 10.00 Å². The van der Waals surface area contributed by atoms with Gasteiger partial charge < -0.3 is 4.74 Å². The Morgan fingerprint density at radius 1 is 1.50 bits per heavy atom. The third-order valence-electron chi connectivity index (χ3n) is 3.00. The molecule has 3 nitrogen and oxygen atoms in total. The molecule has 1 heterocycles. The first-order chi connectivity index (χ1) is 8.79. The van der Waals surface area contributed by atoms with Gasteiger partial charge in [0.2, 0.25) is 0 Å². The Kier molecular flexibility index (Phi) is 4.91. The van der Waals surface area contributed by atoms with Crippen molar-refractivity contribution in [2.45, 2.75) is 12.2 Å². The molecule has 0 bridgehead atoms. The summed E-state index contributed by atoms with van der Waals surface area (Å²) in [5, 5.41) is 9.67.